The number of rotatable bonds is 3. The second-order valence-electron chi connectivity index (χ2n) is 5.54. The Kier molecular flexibility index (Phi) is 4.36. The molecule has 1 fully saturated rings. The summed E-state index contributed by atoms with van der Waals surface area (Å²) in [6, 6.07) is 5.75. The first-order chi connectivity index (χ1) is 8.95. The normalized spacial score (nSPS) is 22.6. The van der Waals surface area contributed by atoms with Crippen molar-refractivity contribution in [1.29, 1.82) is 0 Å². The number of hydrogen-bond acceptors (Lipinski definition) is 4. The molecule has 0 bridgehead atoms. The molecule has 0 radical (unpaired) electrons. The van der Waals surface area contributed by atoms with Crippen molar-refractivity contribution < 1.29 is 9.84 Å². The SMILES string of the molecule is CC1(C)CN(c2ccc(Cl)cc2CN)CC(CO)O1. The fraction of sp³-hybridized carbons (Fsp3) is 0.571. The summed E-state index contributed by atoms with van der Waals surface area (Å²) in [7, 11) is 0. The minimum atomic E-state index is -0.294. The van der Waals surface area contributed by atoms with Gasteiger partial charge in [0.2, 0.25) is 0 Å². The standard InChI is InChI=1S/C14H21ClN2O2/c1-14(2)9-17(7-12(8-18)19-14)13-4-3-11(15)5-10(13)6-16/h3-5,12,18H,6-9,16H2,1-2H3. The zero-order chi connectivity index (χ0) is 14.0. The van der Waals surface area contributed by atoms with Crippen LogP contribution in [0.2, 0.25) is 5.02 Å². The van der Waals surface area contributed by atoms with Crippen LogP contribution in [-0.4, -0.2) is 36.5 Å². The van der Waals surface area contributed by atoms with Gasteiger partial charge < -0.3 is 20.5 Å². The summed E-state index contributed by atoms with van der Waals surface area (Å²) in [5.74, 6) is 0. The fourth-order valence-corrected chi connectivity index (χ4v) is 2.80. The number of hydrogen-bond donors (Lipinski definition) is 2. The van der Waals surface area contributed by atoms with Gasteiger partial charge in [0.15, 0.2) is 0 Å². The first-order valence-electron chi connectivity index (χ1n) is 6.47. The molecule has 1 saturated heterocycles. The van der Waals surface area contributed by atoms with Crippen molar-refractivity contribution in [3.8, 4) is 0 Å². The van der Waals surface area contributed by atoms with E-state index in [9.17, 15) is 5.11 Å². The molecule has 2 rings (SSSR count). The Morgan fingerprint density at radius 3 is 2.89 bits per heavy atom. The summed E-state index contributed by atoms with van der Waals surface area (Å²) in [4.78, 5) is 2.21. The highest BCUT2D eigenvalue weighted by molar-refractivity contribution is 6.30. The maximum absolute atomic E-state index is 9.36. The van der Waals surface area contributed by atoms with Crippen LogP contribution in [-0.2, 0) is 11.3 Å². The van der Waals surface area contributed by atoms with Crippen molar-refractivity contribution in [2.45, 2.75) is 32.1 Å². The van der Waals surface area contributed by atoms with Crippen LogP contribution in [0.5, 0.6) is 0 Å². The van der Waals surface area contributed by atoms with Crippen molar-refractivity contribution in [1.82, 2.24) is 0 Å². The average Bonchev–Trinajstić information content (AvgIpc) is 2.36. The van der Waals surface area contributed by atoms with E-state index in [1.807, 2.05) is 32.0 Å². The average molecular weight is 285 g/mol. The monoisotopic (exact) mass is 284 g/mol. The maximum atomic E-state index is 9.36. The van der Waals surface area contributed by atoms with E-state index in [1.54, 1.807) is 0 Å². The van der Waals surface area contributed by atoms with E-state index < -0.39 is 0 Å². The van der Waals surface area contributed by atoms with Gasteiger partial charge in [-0.15, -0.1) is 0 Å². The Labute approximate surface area is 119 Å². The summed E-state index contributed by atoms with van der Waals surface area (Å²) < 4.78 is 5.82. The Hall–Kier alpha value is -0.810. The van der Waals surface area contributed by atoms with E-state index in [0.29, 0.717) is 18.1 Å². The Morgan fingerprint density at radius 1 is 1.53 bits per heavy atom. The second-order valence-corrected chi connectivity index (χ2v) is 5.98. The Balaban J connectivity index is 2.30. The zero-order valence-electron chi connectivity index (χ0n) is 11.4. The zero-order valence-corrected chi connectivity index (χ0v) is 12.2. The highest BCUT2D eigenvalue weighted by atomic mass is 35.5. The summed E-state index contributed by atoms with van der Waals surface area (Å²) in [6.07, 6.45) is -0.176. The molecule has 0 spiro atoms. The van der Waals surface area contributed by atoms with Gasteiger partial charge in [-0.1, -0.05) is 11.6 Å². The maximum Gasteiger partial charge on any atom is 0.0988 e. The van der Waals surface area contributed by atoms with E-state index in [1.165, 1.54) is 0 Å². The molecule has 5 heteroatoms. The minimum Gasteiger partial charge on any atom is -0.394 e. The number of halogens is 1. The number of anilines is 1. The molecule has 0 saturated carbocycles. The molecule has 3 N–H and O–H groups in total. The fourth-order valence-electron chi connectivity index (χ4n) is 2.60. The van der Waals surface area contributed by atoms with Crippen LogP contribution in [0, 0.1) is 0 Å². The summed E-state index contributed by atoms with van der Waals surface area (Å²) >= 11 is 6.01. The van der Waals surface area contributed by atoms with Gasteiger partial charge >= 0.3 is 0 Å². The molecule has 0 aromatic heterocycles. The summed E-state index contributed by atoms with van der Waals surface area (Å²) in [5.41, 5.74) is 7.59. The summed E-state index contributed by atoms with van der Waals surface area (Å²) in [5, 5.41) is 10.1. The van der Waals surface area contributed by atoms with Crippen LogP contribution < -0.4 is 10.6 Å². The largest absolute Gasteiger partial charge is 0.394 e. The smallest absolute Gasteiger partial charge is 0.0988 e. The highest BCUT2D eigenvalue weighted by Crippen LogP contribution is 2.30. The first kappa shape index (κ1) is 14.6. The van der Waals surface area contributed by atoms with Crippen molar-refractivity contribution in [2.24, 2.45) is 5.73 Å². The van der Waals surface area contributed by atoms with Gasteiger partial charge in [-0.05, 0) is 37.6 Å². The third-order valence-electron chi connectivity index (χ3n) is 3.29. The van der Waals surface area contributed by atoms with Gasteiger partial charge in [0.25, 0.3) is 0 Å². The van der Waals surface area contributed by atoms with E-state index in [0.717, 1.165) is 17.8 Å². The molecule has 1 unspecified atom stereocenters. The van der Waals surface area contributed by atoms with Crippen molar-refractivity contribution in [3.63, 3.8) is 0 Å². The molecule has 1 atom stereocenters. The van der Waals surface area contributed by atoms with Crippen molar-refractivity contribution >= 4 is 17.3 Å². The molecular formula is C14H21ClN2O2. The number of nitrogens with zero attached hydrogens (tertiary/aromatic N) is 1. The molecule has 0 aliphatic carbocycles. The molecule has 1 aromatic carbocycles. The minimum absolute atomic E-state index is 0.0193. The molecule has 1 heterocycles. The van der Waals surface area contributed by atoms with Crippen LogP contribution in [0.4, 0.5) is 5.69 Å². The van der Waals surface area contributed by atoms with Crippen molar-refractivity contribution in [3.05, 3.63) is 28.8 Å². The number of benzene rings is 1. The van der Waals surface area contributed by atoms with E-state index >= 15 is 0 Å². The second kappa shape index (κ2) is 5.67. The predicted molar refractivity (Wildman–Crippen MR) is 77.6 cm³/mol. The van der Waals surface area contributed by atoms with Gasteiger partial charge in [-0.2, -0.15) is 0 Å². The lowest BCUT2D eigenvalue weighted by molar-refractivity contribution is -0.101. The molecule has 106 valence electrons. The van der Waals surface area contributed by atoms with Crippen LogP contribution in [0.15, 0.2) is 18.2 Å². The molecule has 19 heavy (non-hydrogen) atoms. The van der Waals surface area contributed by atoms with Gasteiger partial charge in [0, 0.05) is 30.3 Å². The van der Waals surface area contributed by atoms with Crippen LogP contribution in [0.1, 0.15) is 19.4 Å². The summed E-state index contributed by atoms with van der Waals surface area (Å²) in [6.45, 7) is 5.94. The molecule has 4 nitrogen and oxygen atoms in total. The quantitative estimate of drug-likeness (QED) is 0.888. The molecular weight excluding hydrogens is 264 g/mol. The van der Waals surface area contributed by atoms with Gasteiger partial charge in [-0.25, -0.2) is 0 Å². The van der Waals surface area contributed by atoms with Crippen molar-refractivity contribution in [2.75, 3.05) is 24.6 Å². The van der Waals surface area contributed by atoms with Gasteiger partial charge in [0.1, 0.15) is 0 Å². The number of ether oxygens (including phenoxy) is 1. The molecule has 1 aliphatic rings. The van der Waals surface area contributed by atoms with E-state index in [-0.39, 0.29) is 18.3 Å². The van der Waals surface area contributed by atoms with E-state index in [2.05, 4.69) is 4.90 Å². The van der Waals surface area contributed by atoms with Gasteiger partial charge in [0.05, 0.1) is 18.3 Å². The number of aliphatic hydroxyl groups is 1. The predicted octanol–water partition coefficient (Wildman–Crippen LogP) is 1.77. The van der Waals surface area contributed by atoms with Gasteiger partial charge in [-0.3, -0.25) is 0 Å². The Morgan fingerprint density at radius 2 is 2.26 bits per heavy atom. The number of aliphatic hydroxyl groups excluding tert-OH is 1. The van der Waals surface area contributed by atoms with E-state index in [4.69, 9.17) is 22.1 Å². The third kappa shape index (κ3) is 3.39. The first-order valence-corrected chi connectivity index (χ1v) is 6.85. The molecule has 1 aromatic rings. The molecule has 1 aliphatic heterocycles. The molecule has 0 amide bonds. The number of nitrogens with two attached hydrogens (primary N) is 1. The van der Waals surface area contributed by atoms with Crippen LogP contribution in [0.25, 0.3) is 0 Å². The Bertz CT molecular complexity index is 451. The third-order valence-corrected chi connectivity index (χ3v) is 3.52. The lowest BCUT2D eigenvalue weighted by Crippen LogP contribution is -2.54. The highest BCUT2D eigenvalue weighted by Gasteiger charge is 2.33. The lowest BCUT2D eigenvalue weighted by atomic mass is 10.0. The topological polar surface area (TPSA) is 58.7 Å². The lowest BCUT2D eigenvalue weighted by Gasteiger charge is -2.44. The number of morpholine rings is 1. The van der Waals surface area contributed by atoms with Crippen LogP contribution >= 0.6 is 11.6 Å². The van der Waals surface area contributed by atoms with Crippen LogP contribution in [0.3, 0.4) is 0 Å².